The minimum absolute atomic E-state index is 0. The predicted octanol–water partition coefficient (Wildman–Crippen LogP) is 2.42. The minimum Gasteiger partial charge on any atom is -0.494 e. The van der Waals surface area contributed by atoms with E-state index in [1.807, 2.05) is 6.92 Å². The molecule has 0 aliphatic rings. The third-order valence-electron chi connectivity index (χ3n) is 2.56. The number of methoxy groups -OCH3 is 1. The van der Waals surface area contributed by atoms with Gasteiger partial charge in [-0.15, -0.1) is 12.4 Å². The number of nitrogens with two attached hydrogens (primary N) is 1. The number of halogens is 2. The van der Waals surface area contributed by atoms with Gasteiger partial charge in [-0.05, 0) is 24.1 Å². The highest BCUT2D eigenvalue weighted by molar-refractivity contribution is 5.85. The summed E-state index contributed by atoms with van der Waals surface area (Å²) in [6.07, 6.45) is 0.869. The molecule has 1 aromatic rings. The van der Waals surface area contributed by atoms with Crippen LogP contribution in [0.5, 0.6) is 5.75 Å². The van der Waals surface area contributed by atoms with Crippen LogP contribution in [0.1, 0.15) is 31.4 Å². The second-order valence-electron chi connectivity index (χ2n) is 3.78. The van der Waals surface area contributed by atoms with E-state index in [1.165, 1.54) is 19.2 Å². The Hall–Kier alpha value is -0.840. The second-order valence-corrected chi connectivity index (χ2v) is 3.78. The quantitative estimate of drug-likeness (QED) is 0.858. The summed E-state index contributed by atoms with van der Waals surface area (Å²) >= 11 is 0. The van der Waals surface area contributed by atoms with Crippen LogP contribution in [0.3, 0.4) is 0 Å². The van der Waals surface area contributed by atoms with Crippen molar-refractivity contribution in [1.82, 2.24) is 0 Å². The molecule has 0 radical (unpaired) electrons. The molecule has 0 aliphatic carbocycles. The fraction of sp³-hybridized carbons (Fsp3) is 0.500. The van der Waals surface area contributed by atoms with E-state index in [0.29, 0.717) is 12.0 Å². The van der Waals surface area contributed by atoms with E-state index in [1.54, 1.807) is 6.07 Å². The SMILES string of the molecule is CCC[C@@H](O)[C@@H](N)c1ccc(F)c(OC)c1.Cl. The molecule has 5 heteroatoms. The van der Waals surface area contributed by atoms with E-state index in [9.17, 15) is 9.50 Å². The average Bonchev–Trinajstić information content (AvgIpc) is 2.29. The van der Waals surface area contributed by atoms with Crippen molar-refractivity contribution in [1.29, 1.82) is 0 Å². The zero-order valence-electron chi connectivity index (χ0n) is 10.0. The maximum absolute atomic E-state index is 13.2. The van der Waals surface area contributed by atoms with Gasteiger partial charge < -0.3 is 15.6 Å². The zero-order valence-corrected chi connectivity index (χ0v) is 10.8. The Morgan fingerprint density at radius 3 is 2.65 bits per heavy atom. The van der Waals surface area contributed by atoms with Gasteiger partial charge in [0.05, 0.1) is 19.3 Å². The van der Waals surface area contributed by atoms with Crippen LogP contribution in [0.4, 0.5) is 4.39 Å². The normalized spacial score (nSPS) is 13.7. The molecule has 98 valence electrons. The van der Waals surface area contributed by atoms with Gasteiger partial charge in [-0.1, -0.05) is 19.4 Å². The highest BCUT2D eigenvalue weighted by atomic mass is 35.5. The third-order valence-corrected chi connectivity index (χ3v) is 2.56. The van der Waals surface area contributed by atoms with Crippen molar-refractivity contribution in [2.24, 2.45) is 5.73 Å². The molecule has 0 fully saturated rings. The van der Waals surface area contributed by atoms with Crippen LogP contribution in [-0.2, 0) is 0 Å². The van der Waals surface area contributed by atoms with Gasteiger partial charge in [0, 0.05) is 0 Å². The largest absolute Gasteiger partial charge is 0.494 e. The highest BCUT2D eigenvalue weighted by Gasteiger charge is 2.17. The van der Waals surface area contributed by atoms with Crippen molar-refractivity contribution in [3.63, 3.8) is 0 Å². The lowest BCUT2D eigenvalue weighted by atomic mass is 9.99. The lowest BCUT2D eigenvalue weighted by Gasteiger charge is -2.19. The number of ether oxygens (including phenoxy) is 1. The van der Waals surface area contributed by atoms with Crippen LogP contribution >= 0.6 is 12.4 Å². The van der Waals surface area contributed by atoms with Crippen molar-refractivity contribution in [3.8, 4) is 5.75 Å². The summed E-state index contributed by atoms with van der Waals surface area (Å²) in [7, 11) is 1.40. The number of hydrogen-bond donors (Lipinski definition) is 2. The number of benzene rings is 1. The highest BCUT2D eigenvalue weighted by Crippen LogP contribution is 2.24. The van der Waals surface area contributed by atoms with Gasteiger partial charge in [0.15, 0.2) is 11.6 Å². The van der Waals surface area contributed by atoms with E-state index in [-0.39, 0.29) is 18.2 Å². The Morgan fingerprint density at radius 1 is 1.47 bits per heavy atom. The van der Waals surface area contributed by atoms with Gasteiger partial charge >= 0.3 is 0 Å². The predicted molar refractivity (Wildman–Crippen MR) is 68.0 cm³/mol. The van der Waals surface area contributed by atoms with Crippen molar-refractivity contribution in [2.75, 3.05) is 7.11 Å². The molecule has 1 aromatic carbocycles. The van der Waals surface area contributed by atoms with Crippen LogP contribution in [0, 0.1) is 5.82 Å². The molecule has 0 aromatic heterocycles. The van der Waals surface area contributed by atoms with Crippen LogP contribution in [0.25, 0.3) is 0 Å². The summed E-state index contributed by atoms with van der Waals surface area (Å²) in [5.74, 6) is -0.278. The van der Waals surface area contributed by atoms with E-state index < -0.39 is 18.0 Å². The molecule has 0 spiro atoms. The molecular weight excluding hydrogens is 245 g/mol. The summed E-state index contributed by atoms with van der Waals surface area (Å²) in [5.41, 5.74) is 6.55. The first-order valence-electron chi connectivity index (χ1n) is 5.37. The third kappa shape index (κ3) is 4.15. The molecule has 1 rings (SSSR count). The van der Waals surface area contributed by atoms with Gasteiger partial charge in [-0.2, -0.15) is 0 Å². The lowest BCUT2D eigenvalue weighted by molar-refractivity contribution is 0.134. The Balaban J connectivity index is 0.00000256. The van der Waals surface area contributed by atoms with Crippen molar-refractivity contribution < 1.29 is 14.2 Å². The molecular formula is C12H19ClFNO2. The molecule has 0 saturated carbocycles. The Kier molecular flexibility index (Phi) is 7.11. The maximum atomic E-state index is 13.2. The molecule has 0 saturated heterocycles. The molecule has 2 atom stereocenters. The summed E-state index contributed by atoms with van der Waals surface area (Å²) in [6.45, 7) is 1.97. The Bertz CT molecular complexity index is 349. The number of hydrogen-bond acceptors (Lipinski definition) is 3. The molecule has 3 N–H and O–H groups in total. The van der Waals surface area contributed by atoms with Crippen molar-refractivity contribution >= 4 is 12.4 Å². The smallest absolute Gasteiger partial charge is 0.165 e. The lowest BCUT2D eigenvalue weighted by Crippen LogP contribution is -2.26. The first-order valence-corrected chi connectivity index (χ1v) is 5.37. The molecule has 17 heavy (non-hydrogen) atoms. The summed E-state index contributed by atoms with van der Waals surface area (Å²) in [4.78, 5) is 0. The van der Waals surface area contributed by atoms with Gasteiger partial charge in [0.25, 0.3) is 0 Å². The molecule has 0 heterocycles. The van der Waals surface area contributed by atoms with E-state index in [2.05, 4.69) is 0 Å². The maximum Gasteiger partial charge on any atom is 0.165 e. The van der Waals surface area contributed by atoms with Crippen LogP contribution in [0.15, 0.2) is 18.2 Å². The molecule has 3 nitrogen and oxygen atoms in total. The number of rotatable bonds is 5. The van der Waals surface area contributed by atoms with Gasteiger partial charge in [-0.3, -0.25) is 0 Å². The second kappa shape index (κ2) is 7.48. The average molecular weight is 264 g/mol. The van der Waals surface area contributed by atoms with Crippen molar-refractivity contribution in [3.05, 3.63) is 29.6 Å². The van der Waals surface area contributed by atoms with E-state index >= 15 is 0 Å². The van der Waals surface area contributed by atoms with Crippen LogP contribution in [-0.4, -0.2) is 18.3 Å². The fourth-order valence-corrected chi connectivity index (χ4v) is 1.58. The Morgan fingerprint density at radius 2 is 2.12 bits per heavy atom. The van der Waals surface area contributed by atoms with E-state index in [4.69, 9.17) is 10.5 Å². The monoisotopic (exact) mass is 263 g/mol. The zero-order chi connectivity index (χ0) is 12.1. The van der Waals surface area contributed by atoms with Gasteiger partial charge in [0.2, 0.25) is 0 Å². The number of aliphatic hydroxyl groups excluding tert-OH is 1. The standard InChI is InChI=1S/C12H18FNO2.ClH/c1-3-4-10(15)12(14)8-5-6-9(13)11(7-8)16-2;/h5-7,10,12,15H,3-4,14H2,1-2H3;1H/t10-,12+;/m1./s1. The van der Waals surface area contributed by atoms with Gasteiger partial charge in [0.1, 0.15) is 0 Å². The summed E-state index contributed by atoms with van der Waals surface area (Å²) < 4.78 is 18.0. The first kappa shape index (κ1) is 16.2. The Labute approximate surface area is 107 Å². The topological polar surface area (TPSA) is 55.5 Å². The van der Waals surface area contributed by atoms with E-state index in [0.717, 1.165) is 6.42 Å². The summed E-state index contributed by atoms with van der Waals surface area (Å²) in [5, 5.41) is 9.74. The molecule has 0 bridgehead atoms. The first-order chi connectivity index (χ1) is 7.60. The van der Waals surface area contributed by atoms with Crippen LogP contribution in [0.2, 0.25) is 0 Å². The molecule has 0 aliphatic heterocycles. The van der Waals surface area contributed by atoms with Gasteiger partial charge in [-0.25, -0.2) is 4.39 Å². The fourth-order valence-electron chi connectivity index (χ4n) is 1.58. The molecule has 0 amide bonds. The summed E-state index contributed by atoms with van der Waals surface area (Å²) in [6, 6.07) is 3.89. The molecule has 0 unspecified atom stereocenters. The van der Waals surface area contributed by atoms with Crippen molar-refractivity contribution in [2.45, 2.75) is 31.9 Å². The minimum atomic E-state index is -0.611. The van der Waals surface area contributed by atoms with Crippen LogP contribution < -0.4 is 10.5 Å². The number of aliphatic hydroxyl groups is 1.